The van der Waals surface area contributed by atoms with Gasteiger partial charge in [-0.05, 0) is 49.2 Å². The first-order chi connectivity index (χ1) is 13.6. The molecule has 0 saturated heterocycles. The molecule has 6 nitrogen and oxygen atoms in total. The van der Waals surface area contributed by atoms with Crippen molar-refractivity contribution in [2.45, 2.75) is 32.4 Å². The smallest absolute Gasteiger partial charge is 0.407 e. The fraction of sp³-hybridized carbons (Fsp3) is 0.286. The Labute approximate surface area is 161 Å². The maximum atomic E-state index is 13.5. The van der Waals surface area contributed by atoms with Crippen LogP contribution in [0, 0.1) is 17.3 Å². The molecule has 1 aliphatic carbocycles. The van der Waals surface area contributed by atoms with E-state index in [1.807, 2.05) is 12.1 Å². The summed E-state index contributed by atoms with van der Waals surface area (Å²) in [7, 11) is 0. The van der Waals surface area contributed by atoms with Gasteiger partial charge in [0.1, 0.15) is 0 Å². The average molecular weight is 378 g/mol. The molecule has 3 aromatic rings. The van der Waals surface area contributed by atoms with E-state index >= 15 is 0 Å². The van der Waals surface area contributed by atoms with E-state index in [0.717, 1.165) is 22.2 Å². The van der Waals surface area contributed by atoms with Crippen LogP contribution in [0.3, 0.4) is 0 Å². The third-order valence-electron chi connectivity index (χ3n) is 5.00. The Kier molecular flexibility index (Phi) is 4.70. The van der Waals surface area contributed by atoms with Gasteiger partial charge in [-0.25, -0.2) is 9.78 Å². The fourth-order valence-electron chi connectivity index (χ4n) is 3.88. The second-order valence-corrected chi connectivity index (χ2v) is 6.78. The molecule has 1 amide bonds. The van der Waals surface area contributed by atoms with Crippen LogP contribution in [0.25, 0.3) is 10.9 Å². The molecule has 142 valence electrons. The zero-order chi connectivity index (χ0) is 19.7. The standard InChI is InChI=1S/C21H19FN4O2/c1-2-28-21(27)25-15-9-17-16-8-13(11-23)6-7-18(16)26(19(17)10-15)12-14-4-3-5-20(22)24-14/h3-8,15H,2,9-10,12H2,1H3,(H,25,27). The minimum absolute atomic E-state index is 0.0779. The summed E-state index contributed by atoms with van der Waals surface area (Å²) in [5, 5.41) is 13.1. The summed E-state index contributed by atoms with van der Waals surface area (Å²) in [6.45, 7) is 2.50. The van der Waals surface area contributed by atoms with Crippen LogP contribution >= 0.6 is 0 Å². The number of benzene rings is 1. The van der Waals surface area contributed by atoms with Crippen molar-refractivity contribution in [2.24, 2.45) is 0 Å². The Morgan fingerprint density at radius 2 is 2.25 bits per heavy atom. The number of alkyl carbamates (subject to hydrolysis) is 1. The predicted molar refractivity (Wildman–Crippen MR) is 101 cm³/mol. The van der Waals surface area contributed by atoms with Gasteiger partial charge in [0.15, 0.2) is 0 Å². The number of nitrogens with one attached hydrogen (secondary N) is 1. The van der Waals surface area contributed by atoms with Gasteiger partial charge in [0.05, 0.1) is 30.5 Å². The molecular weight excluding hydrogens is 359 g/mol. The molecule has 0 spiro atoms. The van der Waals surface area contributed by atoms with Crippen molar-refractivity contribution in [1.82, 2.24) is 14.9 Å². The molecule has 1 aliphatic rings. The van der Waals surface area contributed by atoms with Crippen LogP contribution in [0.2, 0.25) is 0 Å². The molecule has 2 heterocycles. The van der Waals surface area contributed by atoms with Crippen LogP contribution in [-0.2, 0) is 24.1 Å². The van der Waals surface area contributed by atoms with E-state index in [1.54, 1.807) is 25.1 Å². The second kappa shape index (κ2) is 7.31. The first kappa shape index (κ1) is 18.0. The number of nitriles is 1. The van der Waals surface area contributed by atoms with Crippen LogP contribution in [0.5, 0.6) is 0 Å². The predicted octanol–water partition coefficient (Wildman–Crippen LogP) is 3.31. The highest BCUT2D eigenvalue weighted by Crippen LogP contribution is 2.34. The van der Waals surface area contributed by atoms with Crippen LogP contribution in [0.4, 0.5) is 9.18 Å². The lowest BCUT2D eigenvalue weighted by Gasteiger charge is -2.14. The summed E-state index contributed by atoms with van der Waals surface area (Å²) in [4.78, 5) is 15.8. The molecule has 0 radical (unpaired) electrons. The molecular formula is C21H19FN4O2. The molecule has 0 fully saturated rings. The molecule has 0 bridgehead atoms. The zero-order valence-electron chi connectivity index (χ0n) is 15.4. The van der Waals surface area contributed by atoms with Gasteiger partial charge >= 0.3 is 6.09 Å². The van der Waals surface area contributed by atoms with Gasteiger partial charge in [0.25, 0.3) is 0 Å². The number of fused-ring (bicyclic) bond motifs is 3. The van der Waals surface area contributed by atoms with Crippen LogP contribution < -0.4 is 5.32 Å². The number of rotatable bonds is 4. The summed E-state index contributed by atoms with van der Waals surface area (Å²) >= 11 is 0. The Bertz CT molecular complexity index is 1100. The van der Waals surface area contributed by atoms with Gasteiger partial charge in [-0.2, -0.15) is 9.65 Å². The van der Waals surface area contributed by atoms with Gasteiger partial charge in [0.2, 0.25) is 5.95 Å². The summed E-state index contributed by atoms with van der Waals surface area (Å²) < 4.78 is 20.6. The fourth-order valence-corrected chi connectivity index (χ4v) is 3.88. The molecule has 0 aliphatic heterocycles. The molecule has 1 unspecified atom stereocenters. The van der Waals surface area contributed by atoms with Crippen molar-refractivity contribution >= 4 is 17.0 Å². The first-order valence-corrected chi connectivity index (χ1v) is 9.18. The number of carbonyl (C=O) groups excluding carboxylic acids is 1. The van der Waals surface area contributed by atoms with Crippen molar-refractivity contribution in [1.29, 1.82) is 5.26 Å². The van der Waals surface area contributed by atoms with Gasteiger partial charge < -0.3 is 14.6 Å². The Morgan fingerprint density at radius 1 is 1.39 bits per heavy atom. The van der Waals surface area contributed by atoms with E-state index in [4.69, 9.17) is 4.74 Å². The summed E-state index contributed by atoms with van der Waals surface area (Å²) in [6, 6.07) is 12.4. The molecule has 2 aromatic heterocycles. The quantitative estimate of drug-likeness (QED) is 0.707. The highest BCUT2D eigenvalue weighted by molar-refractivity contribution is 5.88. The van der Waals surface area contributed by atoms with E-state index in [9.17, 15) is 14.4 Å². The minimum Gasteiger partial charge on any atom is -0.450 e. The van der Waals surface area contributed by atoms with Crippen molar-refractivity contribution < 1.29 is 13.9 Å². The average Bonchev–Trinajstić information content (AvgIpc) is 3.19. The number of hydrogen-bond donors (Lipinski definition) is 1. The Morgan fingerprint density at radius 3 is 3.00 bits per heavy atom. The van der Waals surface area contributed by atoms with Crippen LogP contribution in [0.15, 0.2) is 36.4 Å². The maximum Gasteiger partial charge on any atom is 0.407 e. The third kappa shape index (κ3) is 3.29. The summed E-state index contributed by atoms with van der Waals surface area (Å²) in [5.74, 6) is -0.515. The van der Waals surface area contributed by atoms with Crippen LogP contribution in [-0.4, -0.2) is 28.3 Å². The van der Waals surface area contributed by atoms with E-state index < -0.39 is 12.0 Å². The van der Waals surface area contributed by atoms with Crippen LogP contribution in [0.1, 0.15) is 29.4 Å². The topological polar surface area (TPSA) is 79.9 Å². The summed E-state index contributed by atoms with van der Waals surface area (Å²) in [5.41, 5.74) is 4.34. The monoisotopic (exact) mass is 378 g/mol. The largest absolute Gasteiger partial charge is 0.450 e. The lowest BCUT2D eigenvalue weighted by atomic mass is 10.1. The summed E-state index contributed by atoms with van der Waals surface area (Å²) in [6.07, 6.45) is 0.862. The lowest BCUT2D eigenvalue weighted by Crippen LogP contribution is -2.36. The number of carbonyl (C=O) groups is 1. The number of pyridine rings is 1. The molecule has 4 rings (SSSR count). The number of ether oxygens (including phenoxy) is 1. The second-order valence-electron chi connectivity index (χ2n) is 6.78. The van der Waals surface area contributed by atoms with E-state index in [2.05, 4.69) is 20.9 Å². The van der Waals surface area contributed by atoms with E-state index in [1.165, 1.54) is 6.07 Å². The highest BCUT2D eigenvalue weighted by Gasteiger charge is 2.30. The molecule has 0 saturated carbocycles. The number of halogens is 1. The third-order valence-corrected chi connectivity index (χ3v) is 5.00. The van der Waals surface area contributed by atoms with Crippen molar-refractivity contribution in [2.75, 3.05) is 6.61 Å². The van der Waals surface area contributed by atoms with Gasteiger partial charge in [0, 0.05) is 29.1 Å². The Hall–Kier alpha value is -3.40. The number of amides is 1. The molecule has 1 N–H and O–H groups in total. The number of nitrogens with zero attached hydrogens (tertiary/aromatic N) is 3. The zero-order valence-corrected chi connectivity index (χ0v) is 15.4. The SMILES string of the molecule is CCOC(=O)NC1Cc2c(n(Cc3cccc(F)n3)c3ccc(C#N)cc23)C1. The van der Waals surface area contributed by atoms with Gasteiger partial charge in [-0.3, -0.25) is 0 Å². The van der Waals surface area contributed by atoms with Crippen molar-refractivity contribution in [3.63, 3.8) is 0 Å². The minimum atomic E-state index is -0.515. The van der Waals surface area contributed by atoms with Gasteiger partial charge in [-0.15, -0.1) is 0 Å². The normalized spacial score (nSPS) is 15.2. The van der Waals surface area contributed by atoms with E-state index in [-0.39, 0.29) is 6.04 Å². The molecule has 28 heavy (non-hydrogen) atoms. The lowest BCUT2D eigenvalue weighted by molar-refractivity contribution is 0.148. The number of hydrogen-bond acceptors (Lipinski definition) is 4. The van der Waals surface area contributed by atoms with E-state index in [0.29, 0.717) is 37.3 Å². The Balaban J connectivity index is 1.73. The molecule has 1 aromatic carbocycles. The molecule has 1 atom stereocenters. The maximum absolute atomic E-state index is 13.5. The first-order valence-electron chi connectivity index (χ1n) is 9.18. The van der Waals surface area contributed by atoms with Gasteiger partial charge in [-0.1, -0.05) is 6.07 Å². The van der Waals surface area contributed by atoms with Crippen molar-refractivity contribution in [3.05, 3.63) is 64.9 Å². The molecule has 7 heteroatoms. The van der Waals surface area contributed by atoms with Crippen molar-refractivity contribution in [3.8, 4) is 6.07 Å². The highest BCUT2D eigenvalue weighted by atomic mass is 19.1. The number of aromatic nitrogens is 2.